The van der Waals surface area contributed by atoms with Gasteiger partial charge in [0.05, 0.1) is 13.0 Å². The van der Waals surface area contributed by atoms with Crippen molar-refractivity contribution in [1.82, 2.24) is 0 Å². The minimum absolute atomic E-state index is 0.0901. The van der Waals surface area contributed by atoms with Gasteiger partial charge in [-0.3, -0.25) is 4.79 Å². The van der Waals surface area contributed by atoms with Crippen LogP contribution in [0.2, 0.25) is 0 Å². The van der Waals surface area contributed by atoms with Crippen LogP contribution in [0.5, 0.6) is 0 Å². The summed E-state index contributed by atoms with van der Waals surface area (Å²) < 4.78 is 14.8. The molecule has 1 rings (SSSR count). The molecule has 1 aliphatic rings. The van der Waals surface area contributed by atoms with Gasteiger partial charge in [-0.05, 0) is 0 Å². The van der Waals surface area contributed by atoms with Crippen LogP contribution in [0.3, 0.4) is 0 Å². The summed E-state index contributed by atoms with van der Waals surface area (Å²) in [5, 5.41) is 0. The summed E-state index contributed by atoms with van der Waals surface area (Å²) in [6.45, 7) is 2.66. The average Bonchev–Trinajstić information content (AvgIpc) is 2.31. The summed E-state index contributed by atoms with van der Waals surface area (Å²) in [5.41, 5.74) is 0. The van der Waals surface area contributed by atoms with Crippen molar-refractivity contribution in [3.05, 3.63) is 0 Å². The van der Waals surface area contributed by atoms with Crippen molar-refractivity contribution in [3.63, 3.8) is 0 Å². The zero-order valence-corrected chi connectivity index (χ0v) is 7.41. The lowest BCUT2D eigenvalue weighted by Gasteiger charge is -2.12. The predicted molar refractivity (Wildman–Crippen MR) is 41.5 cm³/mol. The quantitative estimate of drug-likeness (QED) is 0.355. The maximum atomic E-state index is 10.8. The van der Waals surface area contributed by atoms with Gasteiger partial charge in [0, 0.05) is 13.0 Å². The third kappa shape index (κ3) is 2.46. The molecule has 0 amide bonds. The van der Waals surface area contributed by atoms with E-state index >= 15 is 0 Å². The Morgan fingerprint density at radius 3 is 2.92 bits per heavy atom. The second-order valence-corrected chi connectivity index (χ2v) is 2.99. The van der Waals surface area contributed by atoms with Crippen LogP contribution in [0, 0.1) is 5.92 Å². The van der Waals surface area contributed by atoms with Crippen molar-refractivity contribution in [2.45, 2.75) is 19.4 Å². The molecular formula is C8H14O4. The van der Waals surface area contributed by atoms with E-state index in [0.717, 1.165) is 0 Å². The second-order valence-electron chi connectivity index (χ2n) is 2.99. The number of hydrogen-bond acceptors (Lipinski definition) is 4. The maximum absolute atomic E-state index is 10.8. The molecule has 0 radical (unpaired) electrons. The molecule has 70 valence electrons. The first kappa shape index (κ1) is 9.48. The summed E-state index contributed by atoms with van der Waals surface area (Å²) in [5.74, 6) is 0.128. The highest BCUT2D eigenvalue weighted by Gasteiger charge is 2.31. The molecule has 0 aliphatic carbocycles. The van der Waals surface area contributed by atoms with Crippen molar-refractivity contribution in [2.75, 3.05) is 20.5 Å². The van der Waals surface area contributed by atoms with Crippen molar-refractivity contribution >= 4 is 5.97 Å². The van der Waals surface area contributed by atoms with E-state index < -0.39 is 0 Å². The summed E-state index contributed by atoms with van der Waals surface area (Å²) in [6, 6.07) is 0. The molecule has 1 saturated heterocycles. The molecule has 0 aromatic carbocycles. The maximum Gasteiger partial charge on any atom is 0.306 e. The van der Waals surface area contributed by atoms with Crippen molar-refractivity contribution in [2.24, 2.45) is 5.92 Å². The zero-order valence-electron chi connectivity index (χ0n) is 7.41. The van der Waals surface area contributed by atoms with E-state index in [-0.39, 0.29) is 24.8 Å². The number of carbonyl (C=O) groups excluding carboxylic acids is 1. The molecule has 12 heavy (non-hydrogen) atoms. The highest BCUT2D eigenvalue weighted by molar-refractivity contribution is 5.71. The topological polar surface area (TPSA) is 44.8 Å². The molecule has 0 saturated carbocycles. The Labute approximate surface area is 71.8 Å². The molecule has 0 N–H and O–H groups in total. The van der Waals surface area contributed by atoms with E-state index in [1.165, 1.54) is 0 Å². The van der Waals surface area contributed by atoms with E-state index in [0.29, 0.717) is 13.0 Å². The average molecular weight is 174 g/mol. The number of carbonyl (C=O) groups is 1. The smallest absolute Gasteiger partial charge is 0.306 e. The Bertz CT molecular complexity index is 157. The summed E-state index contributed by atoms with van der Waals surface area (Å²) in [4.78, 5) is 10.8. The summed E-state index contributed by atoms with van der Waals surface area (Å²) in [7, 11) is 1.56. The normalized spacial score (nSPS) is 29.0. The third-order valence-electron chi connectivity index (χ3n) is 1.89. The lowest BCUT2D eigenvalue weighted by atomic mass is 10.1. The monoisotopic (exact) mass is 174 g/mol. The van der Waals surface area contributed by atoms with Crippen molar-refractivity contribution in [1.29, 1.82) is 0 Å². The standard InChI is InChI=1S/C8H14O4/c1-6-3-8(9)12-7(6)4-11-5-10-2/h6-7H,3-5H2,1-2H3/t6-,7-/m0/s1. The van der Waals surface area contributed by atoms with Gasteiger partial charge < -0.3 is 14.2 Å². The summed E-state index contributed by atoms with van der Waals surface area (Å²) >= 11 is 0. The Kier molecular flexibility index (Phi) is 3.49. The van der Waals surface area contributed by atoms with Gasteiger partial charge in [0.2, 0.25) is 0 Å². The fraction of sp³-hybridized carbons (Fsp3) is 0.875. The van der Waals surface area contributed by atoms with E-state index in [1.54, 1.807) is 7.11 Å². The second kappa shape index (κ2) is 4.42. The number of ether oxygens (including phenoxy) is 3. The van der Waals surface area contributed by atoms with Crippen LogP contribution in [-0.4, -0.2) is 32.6 Å². The largest absolute Gasteiger partial charge is 0.460 e. The summed E-state index contributed by atoms with van der Waals surface area (Å²) in [6.07, 6.45) is 0.411. The van der Waals surface area contributed by atoms with Crippen molar-refractivity contribution < 1.29 is 19.0 Å². The van der Waals surface area contributed by atoms with Gasteiger partial charge in [0.1, 0.15) is 12.9 Å². The van der Waals surface area contributed by atoms with Gasteiger partial charge in [0.25, 0.3) is 0 Å². The van der Waals surface area contributed by atoms with Crippen LogP contribution < -0.4 is 0 Å². The number of cyclic esters (lactones) is 1. The molecule has 0 bridgehead atoms. The number of methoxy groups -OCH3 is 1. The SMILES string of the molecule is COCOC[C@@H]1OC(=O)C[C@@H]1C. The fourth-order valence-corrected chi connectivity index (χ4v) is 1.17. The van der Waals surface area contributed by atoms with E-state index in [2.05, 4.69) is 0 Å². The lowest BCUT2D eigenvalue weighted by Crippen LogP contribution is -2.21. The Balaban J connectivity index is 2.19. The van der Waals surface area contributed by atoms with Crippen LogP contribution in [-0.2, 0) is 19.0 Å². The predicted octanol–water partition coefficient (Wildman–Crippen LogP) is 0.558. The first-order valence-electron chi connectivity index (χ1n) is 4.00. The van der Waals surface area contributed by atoms with Gasteiger partial charge in [-0.2, -0.15) is 0 Å². The molecule has 1 aliphatic heterocycles. The highest BCUT2D eigenvalue weighted by Crippen LogP contribution is 2.21. The molecule has 0 unspecified atom stereocenters. The molecule has 2 atom stereocenters. The molecule has 1 fully saturated rings. The molecule has 4 nitrogen and oxygen atoms in total. The first-order valence-corrected chi connectivity index (χ1v) is 4.00. The van der Waals surface area contributed by atoms with Crippen LogP contribution in [0.4, 0.5) is 0 Å². The number of esters is 1. The fourth-order valence-electron chi connectivity index (χ4n) is 1.17. The Morgan fingerprint density at radius 2 is 2.42 bits per heavy atom. The lowest BCUT2D eigenvalue weighted by molar-refractivity contribution is -0.145. The molecular weight excluding hydrogens is 160 g/mol. The van der Waals surface area contributed by atoms with Gasteiger partial charge >= 0.3 is 5.97 Å². The first-order chi connectivity index (χ1) is 5.74. The van der Waals surface area contributed by atoms with E-state index in [1.807, 2.05) is 6.92 Å². The van der Waals surface area contributed by atoms with E-state index in [4.69, 9.17) is 14.2 Å². The van der Waals surface area contributed by atoms with Crippen LogP contribution in [0.25, 0.3) is 0 Å². The Morgan fingerprint density at radius 1 is 1.67 bits per heavy atom. The molecule has 1 heterocycles. The number of hydrogen-bond donors (Lipinski definition) is 0. The van der Waals surface area contributed by atoms with Crippen LogP contribution in [0.1, 0.15) is 13.3 Å². The van der Waals surface area contributed by atoms with Gasteiger partial charge in [-0.1, -0.05) is 6.92 Å². The van der Waals surface area contributed by atoms with Gasteiger partial charge in [0.15, 0.2) is 0 Å². The van der Waals surface area contributed by atoms with Crippen LogP contribution in [0.15, 0.2) is 0 Å². The highest BCUT2D eigenvalue weighted by atomic mass is 16.7. The molecule has 0 aromatic rings. The van der Waals surface area contributed by atoms with E-state index in [9.17, 15) is 4.79 Å². The van der Waals surface area contributed by atoms with Gasteiger partial charge in [-0.25, -0.2) is 0 Å². The minimum Gasteiger partial charge on any atom is -0.460 e. The molecule has 0 aromatic heterocycles. The third-order valence-corrected chi connectivity index (χ3v) is 1.89. The number of rotatable bonds is 4. The van der Waals surface area contributed by atoms with Crippen molar-refractivity contribution in [3.8, 4) is 0 Å². The Hall–Kier alpha value is -0.610. The zero-order chi connectivity index (χ0) is 8.97. The van der Waals surface area contributed by atoms with Gasteiger partial charge in [-0.15, -0.1) is 0 Å². The molecule has 4 heteroatoms. The molecule has 0 spiro atoms. The van der Waals surface area contributed by atoms with Crippen LogP contribution >= 0.6 is 0 Å². The minimum atomic E-state index is -0.131.